The standard InChI is InChI=1S/C22H22FN3O3S/c1-30(27,28)26-8-6-14(7-9-26)10-22-25-19-5-2-15(11-21(19)29-22)18-13-24-20-12-16(23)3-4-17(18)20/h2-5,11-14,24H,6-10H2,1H3. The van der Waals surface area contributed by atoms with Crippen LogP contribution in [0.15, 0.2) is 47.0 Å². The lowest BCUT2D eigenvalue weighted by atomic mass is 9.95. The average Bonchev–Trinajstić information content (AvgIpc) is 3.30. The number of hydrogen-bond donors (Lipinski definition) is 1. The van der Waals surface area contributed by atoms with Crippen LogP contribution >= 0.6 is 0 Å². The molecule has 3 heterocycles. The van der Waals surface area contributed by atoms with Gasteiger partial charge in [-0.15, -0.1) is 0 Å². The zero-order chi connectivity index (χ0) is 20.9. The molecule has 0 saturated carbocycles. The quantitative estimate of drug-likeness (QED) is 0.526. The van der Waals surface area contributed by atoms with Gasteiger partial charge in [0.25, 0.3) is 0 Å². The van der Waals surface area contributed by atoms with Crippen LogP contribution in [-0.4, -0.2) is 42.0 Å². The van der Waals surface area contributed by atoms with Crippen molar-refractivity contribution in [2.45, 2.75) is 19.3 Å². The lowest BCUT2D eigenvalue weighted by Gasteiger charge is -2.29. The highest BCUT2D eigenvalue weighted by Gasteiger charge is 2.26. The van der Waals surface area contributed by atoms with Gasteiger partial charge in [0, 0.05) is 42.2 Å². The second-order valence-corrected chi connectivity index (χ2v) is 9.97. The number of oxazole rings is 1. The zero-order valence-corrected chi connectivity index (χ0v) is 17.4. The summed E-state index contributed by atoms with van der Waals surface area (Å²) >= 11 is 0. The van der Waals surface area contributed by atoms with E-state index in [1.54, 1.807) is 6.07 Å². The molecule has 0 unspecified atom stereocenters. The molecule has 1 aliphatic heterocycles. The Morgan fingerprint density at radius 2 is 2.00 bits per heavy atom. The molecule has 1 saturated heterocycles. The van der Waals surface area contributed by atoms with Gasteiger partial charge < -0.3 is 9.40 Å². The van der Waals surface area contributed by atoms with Gasteiger partial charge >= 0.3 is 0 Å². The number of rotatable bonds is 4. The van der Waals surface area contributed by atoms with Crippen molar-refractivity contribution in [2.24, 2.45) is 5.92 Å². The maximum absolute atomic E-state index is 13.5. The predicted molar refractivity (Wildman–Crippen MR) is 114 cm³/mol. The highest BCUT2D eigenvalue weighted by molar-refractivity contribution is 7.88. The number of aromatic amines is 1. The monoisotopic (exact) mass is 427 g/mol. The normalized spacial score (nSPS) is 16.6. The lowest BCUT2D eigenvalue weighted by Crippen LogP contribution is -2.38. The van der Waals surface area contributed by atoms with Crippen molar-refractivity contribution < 1.29 is 17.2 Å². The molecule has 156 valence electrons. The summed E-state index contributed by atoms with van der Waals surface area (Å²) in [6, 6.07) is 10.6. The molecule has 1 N–H and O–H groups in total. The van der Waals surface area contributed by atoms with E-state index in [0.29, 0.717) is 36.9 Å². The van der Waals surface area contributed by atoms with Crippen LogP contribution < -0.4 is 0 Å². The van der Waals surface area contributed by atoms with Crippen LogP contribution in [-0.2, 0) is 16.4 Å². The number of aromatic nitrogens is 2. The van der Waals surface area contributed by atoms with Crippen LogP contribution in [0, 0.1) is 11.7 Å². The van der Waals surface area contributed by atoms with Gasteiger partial charge in [0.2, 0.25) is 10.0 Å². The molecule has 0 bridgehead atoms. The molecular weight excluding hydrogens is 405 g/mol. The van der Waals surface area contributed by atoms with Gasteiger partial charge in [0.05, 0.1) is 6.26 Å². The summed E-state index contributed by atoms with van der Waals surface area (Å²) in [6.07, 6.45) is 5.45. The summed E-state index contributed by atoms with van der Waals surface area (Å²) in [5.41, 5.74) is 4.23. The van der Waals surface area contributed by atoms with Crippen LogP contribution in [0.25, 0.3) is 33.1 Å². The zero-order valence-electron chi connectivity index (χ0n) is 16.6. The maximum Gasteiger partial charge on any atom is 0.211 e. The van der Waals surface area contributed by atoms with Crippen LogP contribution in [0.3, 0.4) is 0 Å². The molecule has 0 radical (unpaired) electrons. The van der Waals surface area contributed by atoms with Gasteiger partial charge in [-0.3, -0.25) is 0 Å². The highest BCUT2D eigenvalue weighted by Crippen LogP contribution is 2.32. The van der Waals surface area contributed by atoms with E-state index < -0.39 is 10.0 Å². The average molecular weight is 428 g/mol. The Balaban J connectivity index is 1.37. The second kappa shape index (κ2) is 7.21. The third-order valence-corrected chi connectivity index (χ3v) is 7.20. The van der Waals surface area contributed by atoms with E-state index in [2.05, 4.69) is 9.97 Å². The number of nitrogens with one attached hydrogen (secondary N) is 1. The number of piperidine rings is 1. The summed E-state index contributed by atoms with van der Waals surface area (Å²) in [6.45, 7) is 1.10. The smallest absolute Gasteiger partial charge is 0.211 e. The highest BCUT2D eigenvalue weighted by atomic mass is 32.2. The summed E-state index contributed by atoms with van der Waals surface area (Å²) in [7, 11) is -3.12. The Hall–Kier alpha value is -2.71. The van der Waals surface area contributed by atoms with Crippen LogP contribution in [0.1, 0.15) is 18.7 Å². The fraction of sp³-hybridized carbons (Fsp3) is 0.318. The van der Waals surface area contributed by atoms with Crippen LogP contribution in [0.2, 0.25) is 0 Å². The molecule has 2 aromatic heterocycles. The first kappa shape index (κ1) is 19.3. The van der Waals surface area contributed by atoms with Crippen LogP contribution in [0.5, 0.6) is 0 Å². The summed E-state index contributed by atoms with van der Waals surface area (Å²) in [4.78, 5) is 7.73. The SMILES string of the molecule is CS(=O)(=O)N1CCC(Cc2nc3ccc(-c4c[nH]c5cc(F)ccc45)cc3o2)CC1. The Morgan fingerprint density at radius 3 is 2.77 bits per heavy atom. The molecule has 30 heavy (non-hydrogen) atoms. The summed E-state index contributed by atoms with van der Waals surface area (Å²) in [5, 5.41) is 0.952. The van der Waals surface area contributed by atoms with Crippen molar-refractivity contribution in [1.29, 1.82) is 0 Å². The number of halogens is 1. The second-order valence-electron chi connectivity index (χ2n) is 7.99. The minimum Gasteiger partial charge on any atom is -0.441 e. The molecule has 0 atom stereocenters. The maximum atomic E-state index is 13.5. The molecule has 0 spiro atoms. The first-order valence-corrected chi connectivity index (χ1v) is 11.8. The fourth-order valence-electron chi connectivity index (χ4n) is 4.26. The van der Waals surface area contributed by atoms with Gasteiger partial charge in [0.1, 0.15) is 11.3 Å². The molecular formula is C22H22FN3O3S. The molecule has 1 fully saturated rings. The number of hydrogen-bond acceptors (Lipinski definition) is 4. The van der Waals surface area contributed by atoms with Gasteiger partial charge in [-0.2, -0.15) is 0 Å². The summed E-state index contributed by atoms with van der Waals surface area (Å²) in [5.74, 6) is 0.772. The number of benzene rings is 2. The fourth-order valence-corrected chi connectivity index (χ4v) is 5.13. The number of nitrogens with zero attached hydrogens (tertiary/aromatic N) is 2. The van der Waals surface area contributed by atoms with E-state index >= 15 is 0 Å². The predicted octanol–water partition coefficient (Wildman–Crippen LogP) is 4.33. The van der Waals surface area contributed by atoms with E-state index in [4.69, 9.17) is 4.42 Å². The Bertz CT molecular complexity index is 1330. The third-order valence-electron chi connectivity index (χ3n) is 5.89. The van der Waals surface area contributed by atoms with Crippen molar-refractivity contribution in [3.8, 4) is 11.1 Å². The first-order valence-electron chi connectivity index (χ1n) is 9.98. The van der Waals surface area contributed by atoms with E-state index in [-0.39, 0.29) is 5.82 Å². The number of fused-ring (bicyclic) bond motifs is 2. The summed E-state index contributed by atoms with van der Waals surface area (Å²) < 4.78 is 44.4. The van der Waals surface area contributed by atoms with Gasteiger partial charge in [0.15, 0.2) is 11.5 Å². The minimum atomic E-state index is -3.12. The molecule has 2 aromatic carbocycles. The lowest BCUT2D eigenvalue weighted by molar-refractivity contribution is 0.264. The van der Waals surface area contributed by atoms with Crippen molar-refractivity contribution >= 4 is 32.0 Å². The molecule has 4 aromatic rings. The van der Waals surface area contributed by atoms with Gasteiger partial charge in [-0.05, 0) is 54.7 Å². The Labute approximate surface area is 173 Å². The third kappa shape index (κ3) is 3.61. The molecule has 6 nitrogen and oxygen atoms in total. The van der Waals surface area contributed by atoms with Crippen molar-refractivity contribution in [3.05, 3.63) is 54.3 Å². The Morgan fingerprint density at radius 1 is 1.20 bits per heavy atom. The van der Waals surface area contributed by atoms with Crippen molar-refractivity contribution in [1.82, 2.24) is 14.3 Å². The van der Waals surface area contributed by atoms with Crippen molar-refractivity contribution in [2.75, 3.05) is 19.3 Å². The van der Waals surface area contributed by atoms with Gasteiger partial charge in [-0.1, -0.05) is 6.07 Å². The van der Waals surface area contributed by atoms with E-state index in [0.717, 1.165) is 40.4 Å². The molecule has 5 rings (SSSR count). The molecule has 0 amide bonds. The van der Waals surface area contributed by atoms with Gasteiger partial charge in [-0.25, -0.2) is 22.1 Å². The van der Waals surface area contributed by atoms with E-state index in [1.807, 2.05) is 24.4 Å². The molecule has 1 aliphatic rings. The molecule has 8 heteroatoms. The number of sulfonamides is 1. The van der Waals surface area contributed by atoms with E-state index in [1.165, 1.54) is 22.7 Å². The van der Waals surface area contributed by atoms with Crippen LogP contribution in [0.4, 0.5) is 4.39 Å². The first-order chi connectivity index (χ1) is 14.4. The van der Waals surface area contributed by atoms with E-state index in [9.17, 15) is 12.8 Å². The minimum absolute atomic E-state index is 0.270. The largest absolute Gasteiger partial charge is 0.441 e. The topological polar surface area (TPSA) is 79.2 Å². The van der Waals surface area contributed by atoms with Crippen molar-refractivity contribution in [3.63, 3.8) is 0 Å². The Kier molecular flexibility index (Phi) is 4.63. The number of H-pyrrole nitrogens is 1. The molecule has 0 aliphatic carbocycles.